The molecule has 88 valence electrons. The van der Waals surface area contributed by atoms with Crippen LogP contribution in [0.3, 0.4) is 0 Å². The smallest absolute Gasteiger partial charge is 0.208 e. The largest absolute Gasteiger partial charge is 0.369 e. The van der Waals surface area contributed by atoms with E-state index in [1.54, 1.807) is 13.9 Å². The number of fused-ring (bicyclic) bond motifs is 1. The van der Waals surface area contributed by atoms with Crippen LogP contribution < -0.4 is 5.73 Å². The number of nitrogens with two attached hydrogens (primary N) is 1. The molecule has 0 unspecified atom stereocenters. The summed E-state index contributed by atoms with van der Waals surface area (Å²) in [5, 5.41) is 8.66. The summed E-state index contributed by atoms with van der Waals surface area (Å²) in [5.41, 5.74) is 8.48. The van der Waals surface area contributed by atoms with Gasteiger partial charge in [0.25, 0.3) is 0 Å². The Balaban J connectivity index is 2.39. The molecule has 7 nitrogen and oxygen atoms in total. The third kappa shape index (κ3) is 1.25. The zero-order valence-corrected chi connectivity index (χ0v) is 9.92. The normalized spacial score (nSPS) is 11.5. The topological polar surface area (TPSA) is 79.5 Å². The van der Waals surface area contributed by atoms with E-state index in [0.29, 0.717) is 5.95 Å². The summed E-state index contributed by atoms with van der Waals surface area (Å²) in [6.45, 7) is 1.91. The van der Waals surface area contributed by atoms with Crippen LogP contribution >= 0.6 is 0 Å². The number of nitrogens with zero attached hydrogens (tertiary/aromatic N) is 6. The number of nitrogen functional groups attached to an aromatic ring is 1. The van der Waals surface area contributed by atoms with Crippen LogP contribution in [-0.4, -0.2) is 29.1 Å². The lowest BCUT2D eigenvalue weighted by Gasteiger charge is -2.02. The first kappa shape index (κ1) is 9.88. The van der Waals surface area contributed by atoms with Gasteiger partial charge < -0.3 is 5.73 Å². The first-order chi connectivity index (χ1) is 8.08. The summed E-state index contributed by atoms with van der Waals surface area (Å²) < 4.78 is 5.29. The highest BCUT2D eigenvalue weighted by Gasteiger charge is 2.17. The van der Waals surface area contributed by atoms with Crippen molar-refractivity contribution in [3.8, 4) is 5.82 Å². The van der Waals surface area contributed by atoms with Crippen LogP contribution in [0, 0.1) is 6.92 Å². The Morgan fingerprint density at radius 3 is 2.65 bits per heavy atom. The molecule has 0 fully saturated rings. The Bertz CT molecular complexity index is 700. The van der Waals surface area contributed by atoms with Crippen molar-refractivity contribution < 1.29 is 0 Å². The van der Waals surface area contributed by atoms with Gasteiger partial charge in [-0.2, -0.15) is 10.2 Å². The fraction of sp³-hybridized carbons (Fsp3) is 0.300. The second-order valence-electron chi connectivity index (χ2n) is 4.03. The van der Waals surface area contributed by atoms with Gasteiger partial charge >= 0.3 is 0 Å². The van der Waals surface area contributed by atoms with E-state index in [4.69, 9.17) is 5.73 Å². The molecule has 3 rings (SSSR count). The summed E-state index contributed by atoms with van der Waals surface area (Å²) in [6.07, 6.45) is 1.86. The highest BCUT2D eigenvalue weighted by atomic mass is 15.4. The fourth-order valence-corrected chi connectivity index (χ4v) is 2.04. The highest BCUT2D eigenvalue weighted by molar-refractivity contribution is 5.79. The molecular weight excluding hydrogens is 218 g/mol. The van der Waals surface area contributed by atoms with E-state index in [0.717, 1.165) is 22.7 Å². The summed E-state index contributed by atoms with van der Waals surface area (Å²) in [4.78, 5) is 4.33. The minimum atomic E-state index is 0.426. The van der Waals surface area contributed by atoms with Gasteiger partial charge in [0.1, 0.15) is 5.52 Å². The number of hydrogen-bond acceptors (Lipinski definition) is 4. The first-order valence-electron chi connectivity index (χ1n) is 5.25. The van der Waals surface area contributed by atoms with Crippen molar-refractivity contribution in [2.75, 3.05) is 5.73 Å². The van der Waals surface area contributed by atoms with E-state index in [2.05, 4.69) is 15.2 Å². The number of aryl methyl sites for hydroxylation is 3. The van der Waals surface area contributed by atoms with Crippen LogP contribution in [0.15, 0.2) is 12.3 Å². The van der Waals surface area contributed by atoms with Crippen molar-refractivity contribution in [1.29, 1.82) is 0 Å². The highest BCUT2D eigenvalue weighted by Crippen LogP contribution is 2.23. The molecule has 0 bridgehead atoms. The van der Waals surface area contributed by atoms with Crippen molar-refractivity contribution in [3.63, 3.8) is 0 Å². The molecule has 0 spiro atoms. The Morgan fingerprint density at radius 2 is 2.00 bits per heavy atom. The lowest BCUT2D eigenvalue weighted by Crippen LogP contribution is -2.06. The summed E-state index contributed by atoms with van der Waals surface area (Å²) >= 11 is 0. The summed E-state index contributed by atoms with van der Waals surface area (Å²) in [5.74, 6) is 1.17. The minimum Gasteiger partial charge on any atom is -0.369 e. The lowest BCUT2D eigenvalue weighted by molar-refractivity contribution is 0.736. The summed E-state index contributed by atoms with van der Waals surface area (Å²) in [7, 11) is 3.73. The van der Waals surface area contributed by atoms with Crippen molar-refractivity contribution in [1.82, 2.24) is 29.1 Å². The Hall–Kier alpha value is -2.31. The van der Waals surface area contributed by atoms with Gasteiger partial charge in [0.05, 0.1) is 5.69 Å². The van der Waals surface area contributed by atoms with Gasteiger partial charge in [0, 0.05) is 26.4 Å². The predicted octanol–water partition coefficient (Wildman–Crippen LogP) is 0.383. The lowest BCUT2D eigenvalue weighted by atomic mass is 10.4. The van der Waals surface area contributed by atoms with Crippen LogP contribution in [0.1, 0.15) is 5.69 Å². The van der Waals surface area contributed by atoms with E-state index < -0.39 is 0 Å². The van der Waals surface area contributed by atoms with Crippen molar-refractivity contribution in [2.45, 2.75) is 6.92 Å². The molecular formula is C10H13N7. The van der Waals surface area contributed by atoms with Crippen molar-refractivity contribution >= 4 is 17.1 Å². The first-order valence-corrected chi connectivity index (χ1v) is 5.25. The van der Waals surface area contributed by atoms with Crippen molar-refractivity contribution in [3.05, 3.63) is 18.0 Å². The van der Waals surface area contributed by atoms with E-state index in [1.807, 2.05) is 33.3 Å². The third-order valence-corrected chi connectivity index (χ3v) is 2.76. The number of anilines is 1. The quantitative estimate of drug-likeness (QED) is 0.656. The molecule has 3 heterocycles. The van der Waals surface area contributed by atoms with E-state index in [-0.39, 0.29) is 0 Å². The van der Waals surface area contributed by atoms with Crippen LogP contribution in [0.4, 0.5) is 5.95 Å². The summed E-state index contributed by atoms with van der Waals surface area (Å²) in [6, 6.07) is 1.89. The molecule has 0 aliphatic carbocycles. The van der Waals surface area contributed by atoms with Gasteiger partial charge in [-0.1, -0.05) is 0 Å². The molecule has 0 amide bonds. The van der Waals surface area contributed by atoms with Crippen LogP contribution in [0.5, 0.6) is 0 Å². The van der Waals surface area contributed by atoms with Gasteiger partial charge in [-0.25, -0.2) is 14.2 Å². The van der Waals surface area contributed by atoms with Gasteiger partial charge in [0.15, 0.2) is 11.5 Å². The molecule has 0 radical (unpaired) electrons. The van der Waals surface area contributed by atoms with Crippen molar-refractivity contribution in [2.24, 2.45) is 14.1 Å². The average Bonchev–Trinajstić information content (AvgIpc) is 2.87. The number of rotatable bonds is 1. The molecule has 7 heteroatoms. The Kier molecular flexibility index (Phi) is 1.80. The monoisotopic (exact) mass is 231 g/mol. The van der Waals surface area contributed by atoms with Crippen LogP contribution in [0.2, 0.25) is 0 Å². The predicted molar refractivity (Wildman–Crippen MR) is 63.8 cm³/mol. The molecule has 0 aromatic carbocycles. The second-order valence-corrected chi connectivity index (χ2v) is 4.03. The van der Waals surface area contributed by atoms with Gasteiger partial charge in [0.2, 0.25) is 5.95 Å². The maximum atomic E-state index is 5.94. The molecule has 3 aromatic heterocycles. The second kappa shape index (κ2) is 3.09. The van der Waals surface area contributed by atoms with E-state index in [9.17, 15) is 0 Å². The SMILES string of the molecule is Cc1nn(C)c2c1nc(N)n2-c1ccn(C)n1. The Labute approximate surface area is 97.5 Å². The molecule has 0 aliphatic rings. The number of imidazole rings is 1. The van der Waals surface area contributed by atoms with Gasteiger partial charge in [-0.3, -0.25) is 4.68 Å². The zero-order valence-electron chi connectivity index (χ0n) is 9.92. The van der Waals surface area contributed by atoms with Gasteiger partial charge in [-0.15, -0.1) is 0 Å². The fourth-order valence-electron chi connectivity index (χ4n) is 2.04. The maximum absolute atomic E-state index is 5.94. The molecule has 0 aliphatic heterocycles. The van der Waals surface area contributed by atoms with Crippen LogP contribution in [-0.2, 0) is 14.1 Å². The standard InChI is InChI=1S/C10H13N7/c1-6-8-9(16(3)13-6)17(10(11)12-8)7-4-5-15(2)14-7/h4-5H,1-3H3,(H2,11,12). The number of hydrogen-bond donors (Lipinski definition) is 1. The molecule has 0 saturated heterocycles. The zero-order chi connectivity index (χ0) is 12.2. The van der Waals surface area contributed by atoms with E-state index in [1.165, 1.54) is 0 Å². The van der Waals surface area contributed by atoms with Gasteiger partial charge in [-0.05, 0) is 6.92 Å². The Morgan fingerprint density at radius 1 is 1.24 bits per heavy atom. The molecule has 2 N–H and O–H groups in total. The van der Waals surface area contributed by atoms with E-state index >= 15 is 0 Å². The molecule has 17 heavy (non-hydrogen) atoms. The maximum Gasteiger partial charge on any atom is 0.208 e. The average molecular weight is 231 g/mol. The molecule has 0 atom stereocenters. The molecule has 3 aromatic rings. The number of aromatic nitrogens is 6. The van der Waals surface area contributed by atoms with Crippen LogP contribution in [0.25, 0.3) is 17.0 Å². The third-order valence-electron chi connectivity index (χ3n) is 2.76. The minimum absolute atomic E-state index is 0.426. The molecule has 0 saturated carbocycles.